The van der Waals surface area contributed by atoms with Crippen LogP contribution < -0.4 is 10.6 Å². The minimum absolute atomic E-state index is 0.355. The van der Waals surface area contributed by atoms with E-state index in [2.05, 4.69) is 47.8 Å². The second kappa shape index (κ2) is 5.36. The maximum atomic E-state index is 5.59. The van der Waals surface area contributed by atoms with Gasteiger partial charge in [0.1, 0.15) is 11.6 Å². The van der Waals surface area contributed by atoms with Gasteiger partial charge in [-0.2, -0.15) is 0 Å². The number of hydrogen-bond donors (Lipinski definition) is 1. The molecule has 0 amide bonds. The highest BCUT2D eigenvalue weighted by molar-refractivity contribution is 5.64. The van der Waals surface area contributed by atoms with Gasteiger partial charge in [0, 0.05) is 18.9 Å². The summed E-state index contributed by atoms with van der Waals surface area (Å²) in [5.74, 6) is 1.52. The summed E-state index contributed by atoms with van der Waals surface area (Å²) in [6.07, 6.45) is 1.75. The molecule has 4 heteroatoms. The van der Waals surface area contributed by atoms with Gasteiger partial charge in [0.15, 0.2) is 0 Å². The highest BCUT2D eigenvalue weighted by Gasteiger charge is 2.10. The molecule has 1 heterocycles. The van der Waals surface area contributed by atoms with Crippen LogP contribution in [-0.2, 0) is 6.54 Å². The lowest BCUT2D eigenvalue weighted by atomic mass is 10.0. The maximum absolute atomic E-state index is 5.59. The summed E-state index contributed by atoms with van der Waals surface area (Å²) in [5.41, 5.74) is 10.6. The first-order valence-electron chi connectivity index (χ1n) is 6.36. The summed E-state index contributed by atoms with van der Waals surface area (Å²) in [4.78, 5) is 10.6. The molecule has 0 aliphatic heterocycles. The molecule has 19 heavy (non-hydrogen) atoms. The van der Waals surface area contributed by atoms with Crippen molar-refractivity contribution in [1.29, 1.82) is 0 Å². The smallest absolute Gasteiger partial charge is 0.144 e. The van der Waals surface area contributed by atoms with Crippen LogP contribution in [0.2, 0.25) is 0 Å². The van der Waals surface area contributed by atoms with Crippen molar-refractivity contribution in [2.75, 3.05) is 11.9 Å². The van der Waals surface area contributed by atoms with E-state index in [1.54, 1.807) is 6.20 Å². The zero-order chi connectivity index (χ0) is 14.0. The molecule has 2 N–H and O–H groups in total. The Labute approximate surface area is 114 Å². The number of nitrogens with zero attached hydrogens (tertiary/aromatic N) is 3. The Balaban J connectivity index is 2.43. The monoisotopic (exact) mass is 256 g/mol. The molecule has 0 aliphatic rings. The Morgan fingerprint density at radius 3 is 2.47 bits per heavy atom. The van der Waals surface area contributed by atoms with Crippen molar-refractivity contribution in [2.24, 2.45) is 5.73 Å². The lowest BCUT2D eigenvalue weighted by molar-refractivity contribution is 0.898. The van der Waals surface area contributed by atoms with Gasteiger partial charge in [0.05, 0.1) is 6.54 Å². The quantitative estimate of drug-likeness (QED) is 0.917. The molecular weight excluding hydrogens is 236 g/mol. The Bertz CT molecular complexity index is 593. The molecule has 0 radical (unpaired) electrons. The normalized spacial score (nSPS) is 10.6. The molecule has 0 fully saturated rings. The zero-order valence-corrected chi connectivity index (χ0v) is 11.9. The molecule has 4 nitrogen and oxygen atoms in total. The standard InChI is InChI=1S/C15H20N4/c1-10-7-12(3)13(8-11(10)2)19(4)15-5-6-17-14(9-16)18-15/h5-8H,9,16H2,1-4H3. The molecule has 0 unspecified atom stereocenters. The molecule has 0 saturated heterocycles. The van der Waals surface area contributed by atoms with E-state index in [1.807, 2.05) is 13.1 Å². The van der Waals surface area contributed by atoms with E-state index >= 15 is 0 Å². The number of aryl methyl sites for hydroxylation is 3. The number of anilines is 2. The summed E-state index contributed by atoms with van der Waals surface area (Å²) in [5, 5.41) is 0. The van der Waals surface area contributed by atoms with Crippen LogP contribution in [0.4, 0.5) is 11.5 Å². The van der Waals surface area contributed by atoms with Gasteiger partial charge in [-0.3, -0.25) is 0 Å². The van der Waals surface area contributed by atoms with Crippen molar-refractivity contribution >= 4 is 11.5 Å². The molecule has 0 saturated carbocycles. The van der Waals surface area contributed by atoms with Crippen LogP contribution in [0.5, 0.6) is 0 Å². The van der Waals surface area contributed by atoms with Crippen molar-refractivity contribution < 1.29 is 0 Å². The van der Waals surface area contributed by atoms with Crippen LogP contribution in [0.25, 0.3) is 0 Å². The molecule has 0 atom stereocenters. The van der Waals surface area contributed by atoms with Gasteiger partial charge < -0.3 is 10.6 Å². The van der Waals surface area contributed by atoms with Crippen LogP contribution in [0.3, 0.4) is 0 Å². The van der Waals surface area contributed by atoms with Crippen molar-refractivity contribution in [1.82, 2.24) is 9.97 Å². The SMILES string of the molecule is Cc1cc(C)c(N(C)c2ccnc(CN)n2)cc1C. The van der Waals surface area contributed by atoms with Crippen molar-refractivity contribution in [3.05, 3.63) is 46.9 Å². The third-order valence-corrected chi connectivity index (χ3v) is 3.39. The van der Waals surface area contributed by atoms with Gasteiger partial charge in [-0.1, -0.05) is 6.07 Å². The predicted molar refractivity (Wildman–Crippen MR) is 78.6 cm³/mol. The topological polar surface area (TPSA) is 55.0 Å². The molecule has 0 spiro atoms. The van der Waals surface area contributed by atoms with Gasteiger partial charge in [-0.25, -0.2) is 9.97 Å². The molecule has 2 rings (SSSR count). The first-order valence-corrected chi connectivity index (χ1v) is 6.36. The van der Waals surface area contributed by atoms with Gasteiger partial charge in [-0.15, -0.1) is 0 Å². The first kappa shape index (κ1) is 13.5. The number of nitrogens with two attached hydrogens (primary N) is 1. The van der Waals surface area contributed by atoms with Crippen LogP contribution >= 0.6 is 0 Å². The van der Waals surface area contributed by atoms with Crippen molar-refractivity contribution in [3.63, 3.8) is 0 Å². The average molecular weight is 256 g/mol. The molecule has 2 aromatic rings. The van der Waals surface area contributed by atoms with E-state index in [1.165, 1.54) is 16.7 Å². The molecule has 1 aromatic heterocycles. The highest BCUT2D eigenvalue weighted by atomic mass is 15.2. The minimum atomic E-state index is 0.355. The summed E-state index contributed by atoms with van der Waals surface area (Å²) in [6.45, 7) is 6.72. The van der Waals surface area contributed by atoms with E-state index in [9.17, 15) is 0 Å². The van der Waals surface area contributed by atoms with Crippen molar-refractivity contribution in [3.8, 4) is 0 Å². The third kappa shape index (κ3) is 2.74. The fourth-order valence-electron chi connectivity index (χ4n) is 2.10. The average Bonchev–Trinajstić information content (AvgIpc) is 2.42. The molecule has 100 valence electrons. The minimum Gasteiger partial charge on any atom is -0.329 e. The van der Waals surface area contributed by atoms with E-state index in [-0.39, 0.29) is 0 Å². The largest absolute Gasteiger partial charge is 0.329 e. The summed E-state index contributed by atoms with van der Waals surface area (Å²) >= 11 is 0. The van der Waals surface area contributed by atoms with Crippen LogP contribution in [-0.4, -0.2) is 17.0 Å². The van der Waals surface area contributed by atoms with Crippen LogP contribution in [0, 0.1) is 20.8 Å². The number of rotatable bonds is 3. The fraction of sp³-hybridized carbons (Fsp3) is 0.333. The number of hydrogen-bond acceptors (Lipinski definition) is 4. The van der Waals surface area contributed by atoms with E-state index in [0.29, 0.717) is 12.4 Å². The Kier molecular flexibility index (Phi) is 3.81. The van der Waals surface area contributed by atoms with Gasteiger partial charge in [0.25, 0.3) is 0 Å². The first-order chi connectivity index (χ1) is 9.02. The second-order valence-electron chi connectivity index (χ2n) is 4.82. The predicted octanol–water partition coefficient (Wildman–Crippen LogP) is 2.63. The molecule has 0 bridgehead atoms. The van der Waals surface area contributed by atoms with Gasteiger partial charge in [-0.05, 0) is 49.6 Å². The summed E-state index contributed by atoms with van der Waals surface area (Å²) in [7, 11) is 2.01. The van der Waals surface area contributed by atoms with Gasteiger partial charge >= 0.3 is 0 Å². The summed E-state index contributed by atoms with van der Waals surface area (Å²) in [6, 6.07) is 6.29. The van der Waals surface area contributed by atoms with E-state index < -0.39 is 0 Å². The van der Waals surface area contributed by atoms with E-state index in [4.69, 9.17) is 5.73 Å². The lowest BCUT2D eigenvalue weighted by Crippen LogP contribution is -2.15. The molecular formula is C15H20N4. The third-order valence-electron chi connectivity index (χ3n) is 3.39. The maximum Gasteiger partial charge on any atom is 0.144 e. The summed E-state index contributed by atoms with van der Waals surface area (Å²) < 4.78 is 0. The lowest BCUT2D eigenvalue weighted by Gasteiger charge is -2.22. The Morgan fingerprint density at radius 2 is 1.79 bits per heavy atom. The molecule has 1 aromatic carbocycles. The van der Waals surface area contributed by atoms with E-state index in [0.717, 1.165) is 11.5 Å². The zero-order valence-electron chi connectivity index (χ0n) is 11.9. The Morgan fingerprint density at radius 1 is 1.11 bits per heavy atom. The molecule has 0 aliphatic carbocycles. The van der Waals surface area contributed by atoms with Crippen molar-refractivity contribution in [2.45, 2.75) is 27.3 Å². The van der Waals surface area contributed by atoms with Crippen LogP contribution in [0.1, 0.15) is 22.5 Å². The second-order valence-corrected chi connectivity index (χ2v) is 4.82. The fourth-order valence-corrected chi connectivity index (χ4v) is 2.10. The number of benzene rings is 1. The highest BCUT2D eigenvalue weighted by Crippen LogP contribution is 2.27. The Hall–Kier alpha value is -1.94. The number of aromatic nitrogens is 2. The van der Waals surface area contributed by atoms with Crippen LogP contribution in [0.15, 0.2) is 24.4 Å². The van der Waals surface area contributed by atoms with Gasteiger partial charge in [0.2, 0.25) is 0 Å².